The first-order chi connectivity index (χ1) is 9.59. The Balaban J connectivity index is 1.91. The van der Waals surface area contributed by atoms with Crippen LogP contribution in [0.5, 0.6) is 0 Å². The predicted octanol–water partition coefficient (Wildman–Crippen LogP) is 2.31. The van der Waals surface area contributed by atoms with E-state index in [1.807, 2.05) is 0 Å². The van der Waals surface area contributed by atoms with Gasteiger partial charge in [-0.2, -0.15) is 4.39 Å². The average molecular weight is 281 g/mol. The molecule has 6 heteroatoms. The van der Waals surface area contributed by atoms with E-state index in [-0.39, 0.29) is 0 Å². The fourth-order valence-electron chi connectivity index (χ4n) is 2.62. The van der Waals surface area contributed by atoms with Gasteiger partial charge in [0.1, 0.15) is 0 Å². The third-order valence-corrected chi connectivity index (χ3v) is 3.87. The molecule has 0 aromatic heterocycles. The van der Waals surface area contributed by atoms with Crippen LogP contribution in [0.25, 0.3) is 0 Å². The summed E-state index contributed by atoms with van der Waals surface area (Å²) < 4.78 is 13.9. The zero-order valence-electron chi connectivity index (χ0n) is 11.6. The van der Waals surface area contributed by atoms with Gasteiger partial charge in [-0.25, -0.2) is 0 Å². The minimum Gasteiger partial charge on any atom is -0.311 e. The highest BCUT2D eigenvalue weighted by Gasteiger charge is 2.19. The first-order valence-corrected chi connectivity index (χ1v) is 6.92. The van der Waals surface area contributed by atoms with E-state index < -0.39 is 16.4 Å². The second-order valence-electron chi connectivity index (χ2n) is 5.27. The summed E-state index contributed by atoms with van der Waals surface area (Å²) in [7, 11) is 2.10. The molecule has 110 valence electrons. The molecule has 1 saturated heterocycles. The van der Waals surface area contributed by atoms with Crippen molar-refractivity contribution in [3.05, 3.63) is 39.7 Å². The van der Waals surface area contributed by atoms with Gasteiger partial charge in [0.2, 0.25) is 5.82 Å². The van der Waals surface area contributed by atoms with Gasteiger partial charge >= 0.3 is 5.69 Å². The first-order valence-electron chi connectivity index (χ1n) is 6.92. The fraction of sp³-hybridized carbons (Fsp3) is 0.571. The van der Waals surface area contributed by atoms with Gasteiger partial charge in [-0.05, 0) is 26.4 Å². The quantitative estimate of drug-likeness (QED) is 0.664. The lowest BCUT2D eigenvalue weighted by molar-refractivity contribution is -0.387. The molecule has 0 amide bonds. The molecule has 5 nitrogen and oxygen atoms in total. The van der Waals surface area contributed by atoms with Crippen molar-refractivity contribution in [2.24, 2.45) is 0 Å². The summed E-state index contributed by atoms with van der Waals surface area (Å²) in [4.78, 5) is 12.3. The minimum absolute atomic E-state index is 0.317. The van der Waals surface area contributed by atoms with Gasteiger partial charge in [-0.3, -0.25) is 10.1 Å². The molecule has 1 atom stereocenters. The Kier molecular flexibility index (Phi) is 5.03. The molecular formula is C14H20FN3O2. The minimum atomic E-state index is -0.734. The van der Waals surface area contributed by atoms with E-state index in [0.717, 1.165) is 19.5 Å². The third-order valence-electron chi connectivity index (χ3n) is 3.87. The number of likely N-dealkylation sites (N-methyl/N-ethyl adjacent to an activating group) is 1. The van der Waals surface area contributed by atoms with Crippen LogP contribution in [0.15, 0.2) is 18.2 Å². The van der Waals surface area contributed by atoms with E-state index in [1.54, 1.807) is 6.07 Å². The molecule has 1 heterocycles. The Bertz CT molecular complexity index is 481. The van der Waals surface area contributed by atoms with Gasteiger partial charge in [-0.1, -0.05) is 18.6 Å². The highest BCUT2D eigenvalue weighted by molar-refractivity contribution is 5.36. The van der Waals surface area contributed by atoms with Crippen LogP contribution in [0.3, 0.4) is 0 Å². The molecular weight excluding hydrogens is 261 g/mol. The van der Waals surface area contributed by atoms with Crippen LogP contribution in [0.2, 0.25) is 0 Å². The Morgan fingerprint density at radius 2 is 2.30 bits per heavy atom. The van der Waals surface area contributed by atoms with E-state index in [2.05, 4.69) is 17.3 Å². The van der Waals surface area contributed by atoms with Crippen molar-refractivity contribution in [2.75, 3.05) is 20.1 Å². The largest absolute Gasteiger partial charge is 0.311 e. The van der Waals surface area contributed by atoms with Crippen LogP contribution >= 0.6 is 0 Å². The topological polar surface area (TPSA) is 58.4 Å². The van der Waals surface area contributed by atoms with Crippen LogP contribution in [-0.2, 0) is 6.54 Å². The van der Waals surface area contributed by atoms with Crippen LogP contribution in [0, 0.1) is 15.9 Å². The Morgan fingerprint density at radius 3 is 3.00 bits per heavy atom. The molecule has 1 unspecified atom stereocenters. The fourth-order valence-corrected chi connectivity index (χ4v) is 2.62. The second-order valence-corrected chi connectivity index (χ2v) is 5.27. The monoisotopic (exact) mass is 281 g/mol. The Labute approximate surface area is 117 Å². The lowest BCUT2D eigenvalue weighted by Gasteiger charge is -2.32. The van der Waals surface area contributed by atoms with Crippen molar-refractivity contribution in [3.63, 3.8) is 0 Å². The molecule has 1 aromatic rings. The van der Waals surface area contributed by atoms with Crippen molar-refractivity contribution in [2.45, 2.75) is 31.8 Å². The van der Waals surface area contributed by atoms with Crippen molar-refractivity contribution < 1.29 is 9.31 Å². The molecule has 1 aromatic carbocycles. The molecule has 20 heavy (non-hydrogen) atoms. The van der Waals surface area contributed by atoms with E-state index in [4.69, 9.17) is 0 Å². The van der Waals surface area contributed by atoms with Gasteiger partial charge in [0.05, 0.1) is 4.92 Å². The van der Waals surface area contributed by atoms with E-state index in [0.29, 0.717) is 18.2 Å². The molecule has 1 fully saturated rings. The van der Waals surface area contributed by atoms with Crippen molar-refractivity contribution in [1.82, 2.24) is 10.2 Å². The molecule has 2 rings (SSSR count). The number of hydrogen-bond donors (Lipinski definition) is 1. The summed E-state index contributed by atoms with van der Waals surface area (Å²) in [5, 5.41) is 13.9. The molecule has 1 N–H and O–H groups in total. The number of nitro groups is 1. The van der Waals surface area contributed by atoms with Crippen molar-refractivity contribution in [1.29, 1.82) is 0 Å². The van der Waals surface area contributed by atoms with E-state index >= 15 is 0 Å². The second kappa shape index (κ2) is 6.76. The van der Waals surface area contributed by atoms with Crippen LogP contribution in [-0.4, -0.2) is 36.0 Å². The van der Waals surface area contributed by atoms with Gasteiger partial charge in [0, 0.05) is 30.8 Å². The SMILES string of the molecule is CN1CCCCC1CNCc1cccc([N+](=O)[O-])c1F. The van der Waals surface area contributed by atoms with E-state index in [1.165, 1.54) is 25.0 Å². The summed E-state index contributed by atoms with van der Waals surface area (Å²) in [6, 6.07) is 4.75. The summed E-state index contributed by atoms with van der Waals surface area (Å²) >= 11 is 0. The number of nitrogens with one attached hydrogen (secondary N) is 1. The summed E-state index contributed by atoms with van der Waals surface area (Å²) in [5.74, 6) is -0.734. The number of benzene rings is 1. The zero-order valence-corrected chi connectivity index (χ0v) is 11.6. The maximum Gasteiger partial charge on any atom is 0.305 e. The summed E-state index contributed by atoms with van der Waals surface area (Å²) in [6.07, 6.45) is 3.59. The molecule has 0 radical (unpaired) electrons. The highest BCUT2D eigenvalue weighted by atomic mass is 19.1. The van der Waals surface area contributed by atoms with Crippen molar-refractivity contribution in [3.8, 4) is 0 Å². The lowest BCUT2D eigenvalue weighted by Crippen LogP contribution is -2.42. The Morgan fingerprint density at radius 1 is 1.50 bits per heavy atom. The van der Waals surface area contributed by atoms with Crippen LogP contribution < -0.4 is 5.32 Å². The predicted molar refractivity (Wildman–Crippen MR) is 75.0 cm³/mol. The molecule has 0 spiro atoms. The number of likely N-dealkylation sites (tertiary alicyclic amines) is 1. The molecule has 1 aliphatic rings. The van der Waals surface area contributed by atoms with Crippen LogP contribution in [0.1, 0.15) is 24.8 Å². The van der Waals surface area contributed by atoms with Crippen molar-refractivity contribution >= 4 is 5.69 Å². The van der Waals surface area contributed by atoms with Gasteiger partial charge in [-0.15, -0.1) is 0 Å². The first kappa shape index (κ1) is 14.9. The lowest BCUT2D eigenvalue weighted by atomic mass is 10.0. The van der Waals surface area contributed by atoms with Gasteiger partial charge in [0.25, 0.3) is 0 Å². The number of nitrogens with zero attached hydrogens (tertiary/aromatic N) is 2. The normalized spacial score (nSPS) is 20.0. The maximum absolute atomic E-state index is 13.9. The number of nitro benzene ring substituents is 1. The van der Waals surface area contributed by atoms with Crippen LogP contribution in [0.4, 0.5) is 10.1 Å². The number of hydrogen-bond acceptors (Lipinski definition) is 4. The maximum atomic E-state index is 13.9. The van der Waals surface area contributed by atoms with Gasteiger partial charge < -0.3 is 10.2 Å². The van der Waals surface area contributed by atoms with E-state index in [9.17, 15) is 14.5 Å². The average Bonchev–Trinajstić information content (AvgIpc) is 2.42. The molecule has 0 bridgehead atoms. The summed E-state index contributed by atoms with van der Waals surface area (Å²) in [6.45, 7) is 2.19. The number of halogens is 1. The Hall–Kier alpha value is -1.53. The number of piperidine rings is 1. The molecule has 1 aliphatic heterocycles. The third kappa shape index (κ3) is 3.52. The molecule has 0 aliphatic carbocycles. The smallest absolute Gasteiger partial charge is 0.305 e. The summed E-state index contributed by atoms with van der Waals surface area (Å²) in [5.41, 5.74) is -0.114. The van der Waals surface area contributed by atoms with Gasteiger partial charge in [0.15, 0.2) is 0 Å². The number of rotatable bonds is 5. The standard InChI is InChI=1S/C14H20FN3O2/c1-17-8-3-2-6-12(17)10-16-9-11-5-4-7-13(14(11)15)18(19)20/h4-5,7,12,16H,2-3,6,8-10H2,1H3. The highest BCUT2D eigenvalue weighted by Crippen LogP contribution is 2.20. The zero-order chi connectivity index (χ0) is 14.5. The molecule has 0 saturated carbocycles.